The Hall–Kier alpha value is -2.17. The number of aryl methyl sites for hydroxylation is 1. The van der Waals surface area contributed by atoms with E-state index in [-0.39, 0.29) is 6.54 Å². The van der Waals surface area contributed by atoms with Gasteiger partial charge in [-0.1, -0.05) is 25.5 Å². The molecule has 0 unspecified atom stereocenters. The molecule has 112 valence electrons. The van der Waals surface area contributed by atoms with Gasteiger partial charge in [0.05, 0.1) is 17.9 Å². The summed E-state index contributed by atoms with van der Waals surface area (Å²) in [5, 5.41) is 0. The van der Waals surface area contributed by atoms with E-state index < -0.39 is 17.7 Å². The Bertz CT molecular complexity index is 592. The van der Waals surface area contributed by atoms with E-state index in [0.717, 1.165) is 12.0 Å². The predicted molar refractivity (Wildman–Crippen MR) is 78.3 cm³/mol. The van der Waals surface area contributed by atoms with E-state index in [4.69, 9.17) is 4.74 Å². The Morgan fingerprint density at radius 1 is 1.29 bits per heavy atom. The summed E-state index contributed by atoms with van der Waals surface area (Å²) < 4.78 is 5.09. The molecule has 0 aromatic heterocycles. The zero-order chi connectivity index (χ0) is 15.6. The Balaban J connectivity index is 2.06. The fourth-order valence-corrected chi connectivity index (χ4v) is 2.15. The number of nitrogens with zero attached hydrogens (tertiary/aromatic N) is 1. The number of fused-ring (bicyclic) bond motifs is 1. The third kappa shape index (κ3) is 3.29. The van der Waals surface area contributed by atoms with Gasteiger partial charge < -0.3 is 4.74 Å². The van der Waals surface area contributed by atoms with E-state index in [1.54, 1.807) is 12.1 Å². The van der Waals surface area contributed by atoms with Crippen molar-refractivity contribution in [3.63, 3.8) is 0 Å². The molecule has 1 aliphatic rings. The largest absolute Gasteiger partial charge is 0.464 e. The predicted octanol–water partition coefficient (Wildman–Crippen LogP) is 2.11. The highest BCUT2D eigenvalue weighted by molar-refractivity contribution is 6.52. The number of rotatable bonds is 5. The fourth-order valence-electron chi connectivity index (χ4n) is 2.15. The summed E-state index contributed by atoms with van der Waals surface area (Å²) in [7, 11) is 0. The molecule has 5 nitrogen and oxygen atoms in total. The zero-order valence-corrected chi connectivity index (χ0v) is 12.5. The molecule has 1 aromatic rings. The number of carbonyl (C=O) groups is 3. The van der Waals surface area contributed by atoms with Crippen LogP contribution >= 0.6 is 0 Å². The lowest BCUT2D eigenvalue weighted by molar-refractivity contribution is -0.142. The highest BCUT2D eigenvalue weighted by Crippen LogP contribution is 2.29. The van der Waals surface area contributed by atoms with Crippen LogP contribution in [-0.2, 0) is 14.3 Å². The minimum atomic E-state index is -0.670. The molecule has 1 amide bonds. The molecule has 2 rings (SSSR count). The molecule has 0 N–H and O–H groups in total. The topological polar surface area (TPSA) is 63.7 Å². The molecule has 5 heteroatoms. The number of ether oxygens (including phenoxy) is 1. The Morgan fingerprint density at radius 3 is 2.67 bits per heavy atom. The maximum Gasteiger partial charge on any atom is 0.326 e. The third-order valence-electron chi connectivity index (χ3n) is 3.37. The van der Waals surface area contributed by atoms with Gasteiger partial charge in [0, 0.05) is 0 Å². The minimum absolute atomic E-state index is 0.223. The first-order chi connectivity index (χ1) is 9.90. The lowest BCUT2D eigenvalue weighted by Crippen LogP contribution is -2.35. The first kappa shape index (κ1) is 15.2. The number of carbonyl (C=O) groups excluding carboxylic acids is 3. The summed E-state index contributed by atoms with van der Waals surface area (Å²) in [5.74, 6) is -1.29. The van der Waals surface area contributed by atoms with Crippen LogP contribution in [0.2, 0.25) is 0 Å². The van der Waals surface area contributed by atoms with Crippen molar-refractivity contribution in [1.82, 2.24) is 0 Å². The molecule has 1 heterocycles. The first-order valence-electron chi connectivity index (χ1n) is 7.02. The average Bonchev–Trinajstić information content (AvgIpc) is 2.63. The molecule has 1 aliphatic heterocycles. The molecular formula is C16H19NO4. The fraction of sp³-hybridized carbons (Fsp3) is 0.438. The molecule has 0 radical (unpaired) electrons. The van der Waals surface area contributed by atoms with Crippen LogP contribution in [0.25, 0.3) is 0 Å². The number of hydrogen-bond acceptors (Lipinski definition) is 4. The van der Waals surface area contributed by atoms with Crippen LogP contribution in [0.15, 0.2) is 18.2 Å². The van der Waals surface area contributed by atoms with Crippen LogP contribution in [0.4, 0.5) is 5.69 Å². The standard InChI is InChI=1S/C16H19NO4/c1-10(2)6-7-21-14(18)9-17-13-5-4-11(3)8-12(13)15(19)16(17)20/h4-5,8,10H,6-7,9H2,1-3H3. The van der Waals surface area contributed by atoms with Gasteiger partial charge in [0.2, 0.25) is 0 Å². The van der Waals surface area contributed by atoms with Crippen molar-refractivity contribution in [1.29, 1.82) is 0 Å². The summed E-state index contributed by atoms with van der Waals surface area (Å²) in [6.45, 7) is 6.02. The smallest absolute Gasteiger partial charge is 0.326 e. The van der Waals surface area contributed by atoms with Crippen LogP contribution in [0, 0.1) is 12.8 Å². The molecule has 0 atom stereocenters. The number of anilines is 1. The van der Waals surface area contributed by atoms with Gasteiger partial charge >= 0.3 is 5.97 Å². The van der Waals surface area contributed by atoms with Crippen LogP contribution in [-0.4, -0.2) is 30.8 Å². The van der Waals surface area contributed by atoms with Crippen LogP contribution in [0.5, 0.6) is 0 Å². The summed E-state index contributed by atoms with van der Waals surface area (Å²) in [4.78, 5) is 36.8. The normalized spacial score (nSPS) is 13.8. The van der Waals surface area contributed by atoms with Gasteiger partial charge in [0.25, 0.3) is 11.7 Å². The van der Waals surface area contributed by atoms with Crippen molar-refractivity contribution < 1.29 is 19.1 Å². The second-order valence-electron chi connectivity index (χ2n) is 5.64. The van der Waals surface area contributed by atoms with E-state index in [0.29, 0.717) is 23.8 Å². The van der Waals surface area contributed by atoms with E-state index in [1.165, 1.54) is 4.90 Å². The Morgan fingerprint density at radius 2 is 2.00 bits per heavy atom. The molecule has 0 bridgehead atoms. The molecule has 0 fully saturated rings. The summed E-state index contributed by atoms with van der Waals surface area (Å²) in [6.07, 6.45) is 0.772. The number of benzene rings is 1. The monoisotopic (exact) mass is 289 g/mol. The summed E-state index contributed by atoms with van der Waals surface area (Å²) >= 11 is 0. The first-order valence-corrected chi connectivity index (χ1v) is 7.02. The summed E-state index contributed by atoms with van der Waals surface area (Å²) in [5.41, 5.74) is 1.74. The highest BCUT2D eigenvalue weighted by Gasteiger charge is 2.37. The maximum atomic E-state index is 12.0. The third-order valence-corrected chi connectivity index (χ3v) is 3.37. The Labute approximate surface area is 123 Å². The minimum Gasteiger partial charge on any atom is -0.464 e. The van der Waals surface area contributed by atoms with E-state index in [1.807, 2.05) is 26.8 Å². The van der Waals surface area contributed by atoms with Crippen molar-refractivity contribution in [2.75, 3.05) is 18.1 Å². The van der Waals surface area contributed by atoms with Crippen LogP contribution in [0.3, 0.4) is 0 Å². The van der Waals surface area contributed by atoms with Crippen molar-refractivity contribution >= 4 is 23.3 Å². The number of amides is 1. The van der Waals surface area contributed by atoms with Gasteiger partial charge in [0.15, 0.2) is 0 Å². The molecule has 0 aliphatic carbocycles. The number of hydrogen-bond donors (Lipinski definition) is 0. The van der Waals surface area contributed by atoms with Crippen molar-refractivity contribution in [3.05, 3.63) is 29.3 Å². The lowest BCUT2D eigenvalue weighted by atomic mass is 10.1. The average molecular weight is 289 g/mol. The molecule has 0 saturated carbocycles. The number of ketones is 1. The molecule has 0 spiro atoms. The number of Topliss-reactive ketones (excluding diaryl/α,β-unsaturated/α-hetero) is 1. The van der Waals surface area contributed by atoms with Gasteiger partial charge in [-0.05, 0) is 31.4 Å². The van der Waals surface area contributed by atoms with Gasteiger partial charge in [-0.25, -0.2) is 0 Å². The quantitative estimate of drug-likeness (QED) is 0.615. The molecule has 0 saturated heterocycles. The second-order valence-corrected chi connectivity index (χ2v) is 5.64. The van der Waals surface area contributed by atoms with Crippen LogP contribution < -0.4 is 4.90 Å². The van der Waals surface area contributed by atoms with Gasteiger partial charge in [-0.15, -0.1) is 0 Å². The van der Waals surface area contributed by atoms with Gasteiger partial charge in [-0.2, -0.15) is 0 Å². The lowest BCUT2D eigenvalue weighted by Gasteiger charge is -2.16. The zero-order valence-electron chi connectivity index (χ0n) is 12.5. The van der Waals surface area contributed by atoms with Crippen molar-refractivity contribution in [2.24, 2.45) is 5.92 Å². The SMILES string of the molecule is Cc1ccc2c(c1)C(=O)C(=O)N2CC(=O)OCCC(C)C. The van der Waals surface area contributed by atoms with E-state index >= 15 is 0 Å². The summed E-state index contributed by atoms with van der Waals surface area (Å²) in [6, 6.07) is 5.16. The van der Waals surface area contributed by atoms with Crippen molar-refractivity contribution in [2.45, 2.75) is 27.2 Å². The van der Waals surface area contributed by atoms with Crippen LogP contribution in [0.1, 0.15) is 36.2 Å². The second kappa shape index (κ2) is 6.08. The van der Waals surface area contributed by atoms with Crippen molar-refractivity contribution in [3.8, 4) is 0 Å². The Kier molecular flexibility index (Phi) is 4.40. The van der Waals surface area contributed by atoms with Gasteiger partial charge in [-0.3, -0.25) is 19.3 Å². The number of esters is 1. The molecular weight excluding hydrogens is 270 g/mol. The van der Waals surface area contributed by atoms with E-state index in [2.05, 4.69) is 0 Å². The maximum absolute atomic E-state index is 12.0. The highest BCUT2D eigenvalue weighted by atomic mass is 16.5. The van der Waals surface area contributed by atoms with Gasteiger partial charge in [0.1, 0.15) is 6.54 Å². The molecule has 1 aromatic carbocycles. The molecule has 21 heavy (non-hydrogen) atoms. The van der Waals surface area contributed by atoms with E-state index in [9.17, 15) is 14.4 Å².